The molecule has 0 saturated heterocycles. The average Bonchev–Trinajstić information content (AvgIpc) is 2.19. The van der Waals surface area contributed by atoms with Crippen LogP contribution in [0.2, 0.25) is 0 Å². The van der Waals surface area contributed by atoms with E-state index in [1.807, 2.05) is 13.8 Å². The van der Waals surface area contributed by atoms with Crippen molar-refractivity contribution in [2.45, 2.75) is 13.8 Å². The zero-order valence-electron chi connectivity index (χ0n) is 10.6. The Kier molecular flexibility index (Phi) is 28.2. The van der Waals surface area contributed by atoms with Crippen molar-refractivity contribution in [1.82, 2.24) is 9.80 Å². The van der Waals surface area contributed by atoms with E-state index in [-0.39, 0.29) is 34.7 Å². The third kappa shape index (κ3) is 36.0. The Hall–Kier alpha value is -0.150. The van der Waals surface area contributed by atoms with E-state index < -0.39 is 5.17 Å². The number of nitrogens with two attached hydrogens (primary N) is 1. The van der Waals surface area contributed by atoms with Crippen molar-refractivity contribution in [3.05, 3.63) is 0 Å². The fraction of sp³-hybridized carbons (Fsp3) is 0.667. The van der Waals surface area contributed by atoms with Gasteiger partial charge in [-0.2, -0.15) is 0 Å². The molecule has 0 aliphatic heterocycles. The topological polar surface area (TPSA) is 90.0 Å². The third-order valence-electron chi connectivity index (χ3n) is 1.24. The molecule has 0 fully saturated rings. The van der Waals surface area contributed by atoms with E-state index in [1.165, 1.54) is 4.90 Å². The van der Waals surface area contributed by atoms with E-state index in [0.717, 1.165) is 19.5 Å². The molecule has 6 nitrogen and oxygen atoms in total. The van der Waals surface area contributed by atoms with Gasteiger partial charge in [-0.3, -0.25) is 4.79 Å². The molecule has 0 radical (unpaired) electrons. The minimum absolute atomic E-state index is 0. The predicted octanol–water partition coefficient (Wildman–Crippen LogP) is 0.0150. The zero-order chi connectivity index (χ0) is 14.4. The monoisotopic (exact) mass is 307 g/mol. The summed E-state index contributed by atoms with van der Waals surface area (Å²) in [5.74, 6) is 0. The van der Waals surface area contributed by atoms with Gasteiger partial charge >= 0.3 is 29.6 Å². The van der Waals surface area contributed by atoms with Gasteiger partial charge in [-0.25, -0.2) is 0 Å². The number of amides is 1. The van der Waals surface area contributed by atoms with Gasteiger partial charge in [0.25, 0.3) is 10.3 Å². The molecule has 0 rings (SSSR count). The van der Waals surface area contributed by atoms with Gasteiger partial charge in [-0.15, -0.1) is 0 Å². The number of aliphatic hydroxyl groups excluding tert-OH is 2. The molecule has 0 aromatic heterocycles. The number of rotatable bonds is 3. The summed E-state index contributed by atoms with van der Waals surface area (Å²) in [6.07, 6.45) is 0.750. The molecule has 1 amide bonds. The SMILES string of the molecule is CCN(CC)C(O)=S.CN(C)C=O.NC(O)=S.[NaH]. The van der Waals surface area contributed by atoms with Gasteiger partial charge in [0.2, 0.25) is 6.41 Å². The van der Waals surface area contributed by atoms with Crippen molar-refractivity contribution >= 4 is 70.8 Å². The molecule has 4 N–H and O–H groups in total. The minimum atomic E-state index is -0.500. The molecular weight excluding hydrogens is 285 g/mol. The molecule has 0 heterocycles. The third-order valence-corrected chi connectivity index (χ3v) is 1.50. The summed E-state index contributed by atoms with van der Waals surface area (Å²) >= 11 is 8.37. The average molecular weight is 307 g/mol. The molecular formula is C9H22N3NaO3S2. The number of thiocarbonyl (C=S) groups is 2. The van der Waals surface area contributed by atoms with E-state index in [4.69, 9.17) is 10.2 Å². The quantitative estimate of drug-likeness (QED) is 0.384. The van der Waals surface area contributed by atoms with E-state index in [1.54, 1.807) is 19.0 Å². The van der Waals surface area contributed by atoms with E-state index in [2.05, 4.69) is 30.2 Å². The molecule has 0 atom stereocenters. The van der Waals surface area contributed by atoms with Crippen LogP contribution in [0.1, 0.15) is 13.8 Å². The molecule has 0 aromatic carbocycles. The molecule has 0 aliphatic carbocycles. The Morgan fingerprint density at radius 3 is 1.44 bits per heavy atom. The summed E-state index contributed by atoms with van der Waals surface area (Å²) in [4.78, 5) is 12.6. The van der Waals surface area contributed by atoms with Crippen LogP contribution in [0.4, 0.5) is 0 Å². The van der Waals surface area contributed by atoms with Crippen molar-refractivity contribution < 1.29 is 15.0 Å². The normalized spacial score (nSPS) is 7.11. The maximum absolute atomic E-state index is 9.43. The van der Waals surface area contributed by atoms with Gasteiger partial charge in [0.1, 0.15) is 0 Å². The second kappa shape index (κ2) is 19.2. The van der Waals surface area contributed by atoms with Crippen LogP contribution in [0.25, 0.3) is 0 Å². The summed E-state index contributed by atoms with van der Waals surface area (Å²) in [7, 11) is 3.38. The first kappa shape index (κ1) is 26.4. The number of nitrogens with zero attached hydrogens (tertiary/aromatic N) is 2. The van der Waals surface area contributed by atoms with Gasteiger partial charge < -0.3 is 25.7 Å². The molecule has 0 saturated carbocycles. The summed E-state index contributed by atoms with van der Waals surface area (Å²) in [6.45, 7) is 5.47. The first-order valence-corrected chi connectivity index (χ1v) is 5.62. The van der Waals surface area contributed by atoms with Crippen LogP contribution in [-0.4, -0.2) is 93.5 Å². The van der Waals surface area contributed by atoms with E-state index in [0.29, 0.717) is 0 Å². The molecule has 9 heteroatoms. The second-order valence-electron chi connectivity index (χ2n) is 2.86. The summed E-state index contributed by atoms with van der Waals surface area (Å²) < 4.78 is 0. The van der Waals surface area contributed by atoms with Crippen molar-refractivity contribution in [3.8, 4) is 0 Å². The van der Waals surface area contributed by atoms with Crippen LogP contribution in [0.15, 0.2) is 0 Å². The standard InChI is InChI=1S/C5H11NOS.C3H7NO.CH3NOS.Na.H/c1-3-6(4-2)5(7)8;1-4(2)3-5;2-1(3)4;;/h3-4H2,1-2H3,(H,7,8);3H,1-2H3;(H3,2,3,4);;. The van der Waals surface area contributed by atoms with Crippen molar-refractivity contribution in [3.63, 3.8) is 0 Å². The zero-order valence-corrected chi connectivity index (χ0v) is 12.2. The first-order chi connectivity index (χ1) is 7.72. The maximum atomic E-state index is 9.43. The molecule has 0 unspecified atom stereocenters. The van der Waals surface area contributed by atoms with Crippen molar-refractivity contribution in [2.75, 3.05) is 27.2 Å². The van der Waals surface area contributed by atoms with Crippen LogP contribution in [-0.2, 0) is 4.79 Å². The van der Waals surface area contributed by atoms with Crippen LogP contribution < -0.4 is 5.73 Å². The van der Waals surface area contributed by atoms with E-state index >= 15 is 0 Å². The molecule has 18 heavy (non-hydrogen) atoms. The number of carbonyl (C=O) groups is 1. The van der Waals surface area contributed by atoms with Crippen molar-refractivity contribution in [1.29, 1.82) is 0 Å². The van der Waals surface area contributed by atoms with Gasteiger partial charge in [0, 0.05) is 27.2 Å². The van der Waals surface area contributed by atoms with Crippen molar-refractivity contribution in [2.24, 2.45) is 5.73 Å². The predicted molar refractivity (Wildman–Crippen MR) is 84.5 cm³/mol. The Morgan fingerprint density at radius 1 is 1.22 bits per heavy atom. The molecule has 104 valence electrons. The van der Waals surface area contributed by atoms with Crippen LogP contribution >= 0.6 is 24.4 Å². The summed E-state index contributed by atoms with van der Waals surface area (Å²) in [5.41, 5.74) is 4.40. The van der Waals surface area contributed by atoms with Crippen LogP contribution in [0.5, 0.6) is 0 Å². The van der Waals surface area contributed by atoms with Gasteiger partial charge in [0.15, 0.2) is 0 Å². The van der Waals surface area contributed by atoms with Crippen LogP contribution in [0, 0.1) is 0 Å². The van der Waals surface area contributed by atoms with E-state index in [9.17, 15) is 4.79 Å². The molecule has 0 bridgehead atoms. The Balaban J connectivity index is -0.0000000855. The molecule has 0 aromatic rings. The number of aliphatic hydroxyl groups is 2. The van der Waals surface area contributed by atoms with Gasteiger partial charge in [-0.05, 0) is 38.3 Å². The van der Waals surface area contributed by atoms with Gasteiger partial charge in [-0.1, -0.05) is 0 Å². The molecule has 0 spiro atoms. The number of hydrogen-bond donors (Lipinski definition) is 3. The number of hydrogen-bond acceptors (Lipinski definition) is 3. The number of carbonyl (C=O) groups excluding carboxylic acids is 1. The van der Waals surface area contributed by atoms with Gasteiger partial charge in [0.05, 0.1) is 0 Å². The first-order valence-electron chi connectivity index (χ1n) is 4.80. The summed E-state index contributed by atoms with van der Waals surface area (Å²) in [6, 6.07) is 0. The fourth-order valence-corrected chi connectivity index (χ4v) is 0.752. The summed E-state index contributed by atoms with van der Waals surface area (Å²) in [5, 5.41) is 15.7. The Bertz CT molecular complexity index is 223. The van der Waals surface area contributed by atoms with Crippen LogP contribution in [0.3, 0.4) is 0 Å². The second-order valence-corrected chi connectivity index (χ2v) is 3.65. The Labute approximate surface area is 141 Å². The Morgan fingerprint density at radius 2 is 1.44 bits per heavy atom. The fourth-order valence-electron chi connectivity index (χ4n) is 0.494. The molecule has 0 aliphatic rings.